The number of nitrogens with one attached hydrogen (secondary N) is 2. The fourth-order valence-electron chi connectivity index (χ4n) is 2.01. The van der Waals surface area contributed by atoms with E-state index in [4.69, 9.17) is 12.2 Å². The quantitative estimate of drug-likeness (QED) is 0.439. The Morgan fingerprint density at radius 3 is 2.89 bits per heavy atom. The van der Waals surface area contributed by atoms with Gasteiger partial charge < -0.3 is 5.32 Å². The van der Waals surface area contributed by atoms with Crippen LogP contribution in [0.3, 0.4) is 0 Å². The summed E-state index contributed by atoms with van der Waals surface area (Å²) in [4.78, 5) is 0. The van der Waals surface area contributed by atoms with Gasteiger partial charge in [-0.25, -0.2) is 0 Å². The topological polar surface area (TPSA) is 36.4 Å². The fourth-order valence-corrected chi connectivity index (χ4v) is 2.30. The summed E-state index contributed by atoms with van der Waals surface area (Å²) < 4.78 is 0. The summed E-state index contributed by atoms with van der Waals surface area (Å²) in [5.41, 5.74) is 5.53. The molecule has 0 bridgehead atoms. The summed E-state index contributed by atoms with van der Waals surface area (Å²) in [6.45, 7) is 6.36. The molecule has 102 valence electrons. The van der Waals surface area contributed by atoms with Crippen LogP contribution in [0.15, 0.2) is 16.8 Å². The van der Waals surface area contributed by atoms with E-state index in [9.17, 15) is 0 Å². The molecule has 4 heteroatoms. The fraction of sp³-hybridized carbons (Fsp3) is 0.714. The Labute approximate surface area is 116 Å². The first-order valence-electron chi connectivity index (χ1n) is 6.96. The van der Waals surface area contributed by atoms with Gasteiger partial charge in [-0.05, 0) is 57.3 Å². The van der Waals surface area contributed by atoms with Crippen molar-refractivity contribution in [2.75, 3.05) is 0 Å². The van der Waals surface area contributed by atoms with E-state index in [0.29, 0.717) is 11.2 Å². The Bertz CT molecular complexity index is 332. The highest BCUT2D eigenvalue weighted by Crippen LogP contribution is 2.20. The van der Waals surface area contributed by atoms with E-state index in [2.05, 4.69) is 42.7 Å². The maximum Gasteiger partial charge on any atom is 0.187 e. The molecule has 1 aliphatic rings. The standard InChI is InChI=1S/C14H25N3S/c1-4-5-6-8-12-9-7-10-13(12)16-17-14(18)15-11(2)3/h9,11H,4-8,10H2,1-3H3,(H2,15,17,18)/b16-13-. The molecular formula is C14H25N3S. The summed E-state index contributed by atoms with van der Waals surface area (Å²) in [6.07, 6.45) is 9.45. The van der Waals surface area contributed by atoms with Gasteiger partial charge in [-0.15, -0.1) is 0 Å². The molecule has 2 N–H and O–H groups in total. The van der Waals surface area contributed by atoms with Crippen LogP contribution in [0.25, 0.3) is 0 Å². The number of hydrazone groups is 1. The molecule has 0 saturated carbocycles. The molecule has 0 aliphatic heterocycles. The van der Waals surface area contributed by atoms with Gasteiger partial charge in [-0.3, -0.25) is 5.43 Å². The smallest absolute Gasteiger partial charge is 0.187 e. The molecule has 3 nitrogen and oxygen atoms in total. The zero-order chi connectivity index (χ0) is 13.4. The molecule has 0 saturated heterocycles. The lowest BCUT2D eigenvalue weighted by atomic mass is 10.1. The molecule has 0 radical (unpaired) electrons. The van der Waals surface area contributed by atoms with Crippen LogP contribution in [0.4, 0.5) is 0 Å². The number of rotatable bonds is 6. The van der Waals surface area contributed by atoms with Crippen LogP contribution in [0.5, 0.6) is 0 Å². The molecule has 0 aromatic rings. The normalized spacial score (nSPS) is 17.1. The Balaban J connectivity index is 2.40. The first kappa shape index (κ1) is 15.2. The van der Waals surface area contributed by atoms with Crippen LogP contribution in [-0.2, 0) is 0 Å². The van der Waals surface area contributed by atoms with Gasteiger partial charge in [0.1, 0.15) is 0 Å². The highest BCUT2D eigenvalue weighted by atomic mass is 32.1. The van der Waals surface area contributed by atoms with Gasteiger partial charge in [-0.2, -0.15) is 5.10 Å². The Morgan fingerprint density at radius 1 is 1.44 bits per heavy atom. The minimum atomic E-state index is 0.341. The summed E-state index contributed by atoms with van der Waals surface area (Å²) in [5, 5.41) is 8.17. The predicted molar refractivity (Wildman–Crippen MR) is 82.9 cm³/mol. The second-order valence-corrected chi connectivity index (χ2v) is 5.43. The van der Waals surface area contributed by atoms with Crippen LogP contribution in [-0.4, -0.2) is 16.9 Å². The van der Waals surface area contributed by atoms with Crippen molar-refractivity contribution in [3.8, 4) is 0 Å². The molecule has 0 atom stereocenters. The van der Waals surface area contributed by atoms with E-state index in [1.165, 1.54) is 30.5 Å². The van der Waals surface area contributed by atoms with Gasteiger partial charge in [0.05, 0.1) is 5.71 Å². The minimum absolute atomic E-state index is 0.341. The van der Waals surface area contributed by atoms with Crippen molar-refractivity contribution in [3.63, 3.8) is 0 Å². The van der Waals surface area contributed by atoms with E-state index in [1.807, 2.05) is 0 Å². The van der Waals surface area contributed by atoms with Crippen molar-refractivity contribution in [2.45, 2.75) is 65.3 Å². The molecule has 1 rings (SSSR count). The van der Waals surface area contributed by atoms with Gasteiger partial charge in [0.15, 0.2) is 5.11 Å². The molecule has 0 fully saturated rings. The number of hydrogen-bond donors (Lipinski definition) is 2. The molecule has 18 heavy (non-hydrogen) atoms. The number of hydrogen-bond acceptors (Lipinski definition) is 2. The number of allylic oxidation sites excluding steroid dienone is 2. The molecule has 0 aromatic carbocycles. The second kappa shape index (κ2) is 8.25. The van der Waals surface area contributed by atoms with E-state index in [1.54, 1.807) is 0 Å². The van der Waals surface area contributed by atoms with Crippen molar-refractivity contribution in [1.82, 2.24) is 10.7 Å². The Morgan fingerprint density at radius 2 is 2.22 bits per heavy atom. The van der Waals surface area contributed by atoms with Gasteiger partial charge in [0.25, 0.3) is 0 Å². The van der Waals surface area contributed by atoms with E-state index >= 15 is 0 Å². The molecule has 0 heterocycles. The van der Waals surface area contributed by atoms with Crippen molar-refractivity contribution in [3.05, 3.63) is 11.6 Å². The third kappa shape index (κ3) is 5.63. The van der Waals surface area contributed by atoms with Crippen LogP contribution in [0.2, 0.25) is 0 Å². The van der Waals surface area contributed by atoms with E-state index in [-0.39, 0.29) is 0 Å². The second-order valence-electron chi connectivity index (χ2n) is 5.02. The summed E-state index contributed by atoms with van der Waals surface area (Å²) in [7, 11) is 0. The molecule has 0 aromatic heterocycles. The highest BCUT2D eigenvalue weighted by Gasteiger charge is 2.13. The summed E-state index contributed by atoms with van der Waals surface area (Å²) in [5.74, 6) is 0. The van der Waals surface area contributed by atoms with E-state index < -0.39 is 0 Å². The zero-order valence-corrected chi connectivity index (χ0v) is 12.6. The third-order valence-electron chi connectivity index (χ3n) is 2.90. The number of nitrogens with zero attached hydrogens (tertiary/aromatic N) is 1. The van der Waals surface area contributed by atoms with Crippen molar-refractivity contribution < 1.29 is 0 Å². The van der Waals surface area contributed by atoms with Crippen LogP contribution < -0.4 is 10.7 Å². The van der Waals surface area contributed by atoms with Crippen LogP contribution >= 0.6 is 12.2 Å². The Hall–Kier alpha value is -0.900. The summed E-state index contributed by atoms with van der Waals surface area (Å²) >= 11 is 5.16. The molecule has 0 unspecified atom stereocenters. The average Bonchev–Trinajstić information content (AvgIpc) is 2.73. The average molecular weight is 267 g/mol. The maximum atomic E-state index is 5.16. The largest absolute Gasteiger partial charge is 0.359 e. The zero-order valence-electron chi connectivity index (χ0n) is 11.8. The van der Waals surface area contributed by atoms with Gasteiger partial charge in [0, 0.05) is 6.04 Å². The predicted octanol–water partition coefficient (Wildman–Crippen LogP) is 3.52. The van der Waals surface area contributed by atoms with Crippen molar-refractivity contribution in [1.29, 1.82) is 0 Å². The molecular weight excluding hydrogens is 242 g/mol. The SMILES string of the molecule is CCCCCC1=CCC/C1=N/NC(=S)NC(C)C. The summed E-state index contributed by atoms with van der Waals surface area (Å²) in [6, 6.07) is 0.341. The number of unbranched alkanes of at least 4 members (excludes halogenated alkanes) is 2. The first-order valence-corrected chi connectivity index (χ1v) is 7.36. The lowest BCUT2D eigenvalue weighted by Crippen LogP contribution is -2.37. The molecule has 1 aliphatic carbocycles. The van der Waals surface area contributed by atoms with Gasteiger partial charge in [-0.1, -0.05) is 25.8 Å². The monoisotopic (exact) mass is 267 g/mol. The first-order chi connectivity index (χ1) is 8.63. The lowest BCUT2D eigenvalue weighted by molar-refractivity contribution is 0.716. The van der Waals surface area contributed by atoms with Crippen molar-refractivity contribution in [2.24, 2.45) is 5.10 Å². The van der Waals surface area contributed by atoms with Crippen LogP contribution in [0, 0.1) is 0 Å². The van der Waals surface area contributed by atoms with Gasteiger partial charge >= 0.3 is 0 Å². The van der Waals surface area contributed by atoms with Gasteiger partial charge in [0.2, 0.25) is 0 Å². The maximum absolute atomic E-state index is 5.16. The molecule has 0 spiro atoms. The van der Waals surface area contributed by atoms with Crippen LogP contribution in [0.1, 0.15) is 59.3 Å². The minimum Gasteiger partial charge on any atom is -0.359 e. The molecule has 0 amide bonds. The Kier molecular flexibility index (Phi) is 6.94. The number of thiocarbonyl (C=S) groups is 1. The van der Waals surface area contributed by atoms with Crippen molar-refractivity contribution >= 4 is 23.0 Å². The third-order valence-corrected chi connectivity index (χ3v) is 3.11. The van der Waals surface area contributed by atoms with E-state index in [0.717, 1.165) is 19.3 Å². The highest BCUT2D eigenvalue weighted by molar-refractivity contribution is 7.80. The lowest BCUT2D eigenvalue weighted by Gasteiger charge is -2.11.